The summed E-state index contributed by atoms with van der Waals surface area (Å²) in [6, 6.07) is 9.59. The van der Waals surface area contributed by atoms with Crippen molar-refractivity contribution in [3.05, 3.63) is 29.8 Å². The van der Waals surface area contributed by atoms with Gasteiger partial charge in [-0.15, -0.1) is 0 Å². The number of nitrogens with two attached hydrogens (primary N) is 1. The zero-order valence-corrected chi connectivity index (χ0v) is 10.5. The fourth-order valence-electron chi connectivity index (χ4n) is 1.57. The van der Waals surface area contributed by atoms with Crippen molar-refractivity contribution in [2.75, 3.05) is 5.73 Å². The molecule has 0 atom stereocenters. The van der Waals surface area contributed by atoms with Crippen LogP contribution < -0.4 is 5.73 Å². The zero-order chi connectivity index (χ0) is 10.6. The molecular formula is C12H21NSi. The second-order valence-electron chi connectivity index (χ2n) is 5.11. The number of hydrogen-bond donors (Lipinski definition) is 1. The number of benzene rings is 1. The third-order valence-corrected chi connectivity index (χ3v) is 4.28. The molecule has 0 spiro atoms. The Labute approximate surface area is 88.3 Å². The monoisotopic (exact) mass is 207 g/mol. The number of nitrogen functional groups attached to an aromatic ring is 1. The Bertz CT molecular complexity index is 289. The molecule has 2 N–H and O–H groups in total. The lowest BCUT2D eigenvalue weighted by atomic mass is 10.1. The van der Waals surface area contributed by atoms with Gasteiger partial charge in [-0.1, -0.05) is 50.3 Å². The minimum absolute atomic E-state index is 0.869. The predicted octanol–water partition coefficient (Wildman–Crippen LogP) is 3.54. The molecular weight excluding hydrogens is 186 g/mol. The van der Waals surface area contributed by atoms with Crippen LogP contribution in [0.1, 0.15) is 12.0 Å². The zero-order valence-electron chi connectivity index (χ0n) is 9.51. The smallest absolute Gasteiger partial charge is 0.0442 e. The summed E-state index contributed by atoms with van der Waals surface area (Å²) in [5, 5.41) is 0. The van der Waals surface area contributed by atoms with Gasteiger partial charge in [0.05, 0.1) is 0 Å². The van der Waals surface area contributed by atoms with Crippen molar-refractivity contribution in [2.45, 2.75) is 38.5 Å². The molecule has 0 aliphatic carbocycles. The van der Waals surface area contributed by atoms with Gasteiger partial charge in [0, 0.05) is 13.8 Å². The molecule has 1 aromatic carbocycles. The average Bonchev–Trinajstić information content (AvgIpc) is 2.06. The van der Waals surface area contributed by atoms with Gasteiger partial charge in [0.1, 0.15) is 0 Å². The standard InChI is InChI=1S/C12H21NSi/c1-14(2,3)10-6-8-11-7-4-5-9-12(11)13/h4-5,7,9H,6,8,10,13H2,1-3H3. The molecule has 0 unspecified atom stereocenters. The lowest BCUT2D eigenvalue weighted by molar-refractivity contribution is 0.904. The van der Waals surface area contributed by atoms with Crippen LogP contribution in [0.15, 0.2) is 24.3 Å². The third kappa shape index (κ3) is 3.96. The molecule has 0 fully saturated rings. The van der Waals surface area contributed by atoms with Crippen molar-refractivity contribution in [2.24, 2.45) is 0 Å². The van der Waals surface area contributed by atoms with Crippen LogP contribution in [-0.2, 0) is 6.42 Å². The Morgan fingerprint density at radius 2 is 1.79 bits per heavy atom. The number of aryl methyl sites for hydroxylation is 1. The first kappa shape index (κ1) is 11.3. The average molecular weight is 207 g/mol. The molecule has 0 aromatic heterocycles. The summed E-state index contributed by atoms with van der Waals surface area (Å²) in [6.45, 7) is 7.25. The molecule has 78 valence electrons. The normalized spacial score (nSPS) is 11.6. The lowest BCUT2D eigenvalue weighted by Crippen LogP contribution is -2.19. The Morgan fingerprint density at radius 3 is 2.36 bits per heavy atom. The summed E-state index contributed by atoms with van der Waals surface area (Å²) in [6.07, 6.45) is 2.42. The van der Waals surface area contributed by atoms with Crippen LogP contribution in [0, 0.1) is 0 Å². The van der Waals surface area contributed by atoms with Crippen molar-refractivity contribution in [1.82, 2.24) is 0 Å². The van der Waals surface area contributed by atoms with E-state index in [0.717, 1.165) is 12.1 Å². The quantitative estimate of drug-likeness (QED) is 0.593. The maximum atomic E-state index is 5.88. The van der Waals surface area contributed by atoms with E-state index in [1.807, 2.05) is 12.1 Å². The van der Waals surface area contributed by atoms with Gasteiger partial charge < -0.3 is 5.73 Å². The molecule has 0 saturated carbocycles. The first-order valence-corrected chi connectivity index (χ1v) is 9.03. The summed E-state index contributed by atoms with van der Waals surface area (Å²) >= 11 is 0. The lowest BCUT2D eigenvalue weighted by Gasteiger charge is -2.15. The Morgan fingerprint density at radius 1 is 1.14 bits per heavy atom. The second kappa shape index (κ2) is 4.65. The van der Waals surface area contributed by atoms with E-state index >= 15 is 0 Å². The minimum Gasteiger partial charge on any atom is -0.399 e. The molecule has 2 heteroatoms. The number of hydrogen-bond acceptors (Lipinski definition) is 1. The van der Waals surface area contributed by atoms with E-state index in [-0.39, 0.29) is 0 Å². The predicted molar refractivity (Wildman–Crippen MR) is 67.3 cm³/mol. The van der Waals surface area contributed by atoms with E-state index in [2.05, 4.69) is 31.8 Å². The maximum absolute atomic E-state index is 5.88. The van der Waals surface area contributed by atoms with Crippen LogP contribution in [0.3, 0.4) is 0 Å². The summed E-state index contributed by atoms with van der Waals surface area (Å²) in [7, 11) is -0.869. The highest BCUT2D eigenvalue weighted by atomic mass is 28.3. The van der Waals surface area contributed by atoms with Gasteiger partial charge in [0.25, 0.3) is 0 Å². The van der Waals surface area contributed by atoms with Crippen LogP contribution in [0.25, 0.3) is 0 Å². The number of para-hydroxylation sites is 1. The van der Waals surface area contributed by atoms with Crippen LogP contribution in [0.4, 0.5) is 5.69 Å². The van der Waals surface area contributed by atoms with E-state index in [0.29, 0.717) is 0 Å². The van der Waals surface area contributed by atoms with Crippen LogP contribution in [0.2, 0.25) is 25.7 Å². The molecule has 1 rings (SSSR count). The highest BCUT2D eigenvalue weighted by Crippen LogP contribution is 2.17. The van der Waals surface area contributed by atoms with E-state index < -0.39 is 8.07 Å². The topological polar surface area (TPSA) is 26.0 Å². The van der Waals surface area contributed by atoms with Gasteiger partial charge in [-0.05, 0) is 18.1 Å². The van der Waals surface area contributed by atoms with Gasteiger partial charge in [-0.25, -0.2) is 0 Å². The molecule has 0 aliphatic rings. The summed E-state index contributed by atoms with van der Waals surface area (Å²) in [4.78, 5) is 0. The van der Waals surface area contributed by atoms with Gasteiger partial charge in [-0.3, -0.25) is 0 Å². The van der Waals surface area contributed by atoms with Gasteiger partial charge >= 0.3 is 0 Å². The van der Waals surface area contributed by atoms with Crippen LogP contribution >= 0.6 is 0 Å². The van der Waals surface area contributed by atoms with E-state index in [1.165, 1.54) is 18.0 Å². The molecule has 0 saturated heterocycles. The summed E-state index contributed by atoms with van der Waals surface area (Å²) in [5.41, 5.74) is 8.14. The summed E-state index contributed by atoms with van der Waals surface area (Å²) in [5.74, 6) is 0. The van der Waals surface area contributed by atoms with Crippen molar-refractivity contribution in [1.29, 1.82) is 0 Å². The number of anilines is 1. The first-order valence-electron chi connectivity index (χ1n) is 5.32. The highest BCUT2D eigenvalue weighted by molar-refractivity contribution is 6.76. The van der Waals surface area contributed by atoms with E-state index in [1.54, 1.807) is 0 Å². The van der Waals surface area contributed by atoms with Gasteiger partial charge in [-0.2, -0.15) is 0 Å². The Hall–Kier alpha value is -0.763. The Balaban J connectivity index is 2.43. The fourth-order valence-corrected chi connectivity index (χ4v) is 2.81. The largest absolute Gasteiger partial charge is 0.399 e. The molecule has 1 nitrogen and oxygen atoms in total. The first-order chi connectivity index (χ1) is 6.49. The van der Waals surface area contributed by atoms with Crippen molar-refractivity contribution in [3.63, 3.8) is 0 Å². The molecule has 0 radical (unpaired) electrons. The van der Waals surface area contributed by atoms with Gasteiger partial charge in [0.2, 0.25) is 0 Å². The van der Waals surface area contributed by atoms with E-state index in [4.69, 9.17) is 5.73 Å². The van der Waals surface area contributed by atoms with Gasteiger partial charge in [0.15, 0.2) is 0 Å². The third-order valence-electron chi connectivity index (χ3n) is 2.43. The van der Waals surface area contributed by atoms with E-state index in [9.17, 15) is 0 Å². The summed E-state index contributed by atoms with van der Waals surface area (Å²) < 4.78 is 0. The molecule has 14 heavy (non-hydrogen) atoms. The van der Waals surface area contributed by atoms with Crippen molar-refractivity contribution in [3.8, 4) is 0 Å². The minimum atomic E-state index is -0.869. The SMILES string of the molecule is C[Si](C)(C)CCCc1ccccc1N. The molecule has 1 aromatic rings. The Kier molecular flexibility index (Phi) is 3.75. The highest BCUT2D eigenvalue weighted by Gasteiger charge is 2.12. The van der Waals surface area contributed by atoms with Crippen molar-refractivity contribution < 1.29 is 0 Å². The molecule has 0 heterocycles. The fraction of sp³-hybridized carbons (Fsp3) is 0.500. The van der Waals surface area contributed by atoms with Crippen molar-refractivity contribution >= 4 is 13.8 Å². The molecule has 0 aliphatic heterocycles. The maximum Gasteiger partial charge on any atom is 0.0442 e. The molecule has 0 amide bonds. The molecule has 0 bridgehead atoms. The van der Waals surface area contributed by atoms with Crippen LogP contribution in [-0.4, -0.2) is 8.07 Å². The van der Waals surface area contributed by atoms with Crippen LogP contribution in [0.5, 0.6) is 0 Å². The number of rotatable bonds is 4. The second-order valence-corrected chi connectivity index (χ2v) is 10.7.